The smallest absolute Gasteiger partial charge is 0.277 e. The van der Waals surface area contributed by atoms with Crippen molar-refractivity contribution in [3.63, 3.8) is 0 Å². The molecule has 0 saturated heterocycles. The summed E-state index contributed by atoms with van der Waals surface area (Å²) in [4.78, 5) is 16.0. The van der Waals surface area contributed by atoms with Gasteiger partial charge in [-0.05, 0) is 19.1 Å². The van der Waals surface area contributed by atoms with E-state index < -0.39 is 0 Å². The second-order valence-electron chi connectivity index (χ2n) is 4.01. The van der Waals surface area contributed by atoms with Gasteiger partial charge in [-0.15, -0.1) is 0 Å². The maximum absolute atomic E-state index is 12.0. The van der Waals surface area contributed by atoms with Crippen molar-refractivity contribution >= 4 is 11.6 Å². The van der Waals surface area contributed by atoms with E-state index >= 15 is 0 Å². The van der Waals surface area contributed by atoms with Gasteiger partial charge in [0.05, 0.1) is 18.8 Å². The van der Waals surface area contributed by atoms with Gasteiger partial charge >= 0.3 is 0 Å². The predicted molar refractivity (Wildman–Crippen MR) is 70.1 cm³/mol. The number of aromatic nitrogens is 1. The number of nitrogens with two attached hydrogens (primary N) is 1. The van der Waals surface area contributed by atoms with Crippen LogP contribution >= 0.6 is 0 Å². The molecule has 0 radical (unpaired) electrons. The van der Waals surface area contributed by atoms with Gasteiger partial charge in [-0.2, -0.15) is 0 Å². The lowest BCUT2D eigenvalue weighted by Crippen LogP contribution is -2.14. The molecular formula is C13H15N3O3. The van der Waals surface area contributed by atoms with Crippen molar-refractivity contribution < 1.29 is 13.9 Å². The van der Waals surface area contributed by atoms with Crippen molar-refractivity contribution in [2.75, 3.05) is 12.4 Å². The van der Waals surface area contributed by atoms with Crippen molar-refractivity contribution in [2.45, 2.75) is 13.0 Å². The van der Waals surface area contributed by atoms with E-state index in [0.717, 1.165) is 0 Å². The van der Waals surface area contributed by atoms with E-state index in [1.807, 2.05) is 6.07 Å². The maximum Gasteiger partial charge on any atom is 0.277 e. The van der Waals surface area contributed by atoms with Gasteiger partial charge in [0.1, 0.15) is 12.0 Å². The number of benzene rings is 1. The van der Waals surface area contributed by atoms with E-state index in [1.54, 1.807) is 25.1 Å². The zero-order valence-electron chi connectivity index (χ0n) is 10.7. The molecule has 3 N–H and O–H groups in total. The molecule has 100 valence electrons. The average Bonchev–Trinajstić information content (AvgIpc) is 2.89. The van der Waals surface area contributed by atoms with Crippen LogP contribution in [0.3, 0.4) is 0 Å². The van der Waals surface area contributed by atoms with Gasteiger partial charge in [0.2, 0.25) is 5.89 Å². The number of para-hydroxylation sites is 2. The molecule has 0 aliphatic carbocycles. The topological polar surface area (TPSA) is 90.4 Å². The highest BCUT2D eigenvalue weighted by molar-refractivity contribution is 6.03. The minimum absolute atomic E-state index is 0.179. The van der Waals surface area contributed by atoms with Crippen molar-refractivity contribution in [1.82, 2.24) is 4.98 Å². The fraction of sp³-hybridized carbons (Fsp3) is 0.231. The summed E-state index contributed by atoms with van der Waals surface area (Å²) < 4.78 is 10.3. The molecule has 0 fully saturated rings. The Balaban J connectivity index is 2.16. The number of amides is 1. The highest BCUT2D eigenvalue weighted by Crippen LogP contribution is 2.23. The van der Waals surface area contributed by atoms with Gasteiger partial charge in [0.15, 0.2) is 5.69 Å². The average molecular weight is 261 g/mol. The molecule has 1 unspecified atom stereocenters. The van der Waals surface area contributed by atoms with Crippen LogP contribution in [0.5, 0.6) is 5.75 Å². The Morgan fingerprint density at radius 2 is 2.21 bits per heavy atom. The molecule has 1 amide bonds. The summed E-state index contributed by atoms with van der Waals surface area (Å²) in [6.07, 6.45) is 1.28. The lowest BCUT2D eigenvalue weighted by atomic mass is 10.3. The monoisotopic (exact) mass is 261 g/mol. The van der Waals surface area contributed by atoms with E-state index in [0.29, 0.717) is 17.3 Å². The number of carbonyl (C=O) groups excluding carboxylic acids is 1. The van der Waals surface area contributed by atoms with E-state index in [2.05, 4.69) is 10.3 Å². The van der Waals surface area contributed by atoms with E-state index in [4.69, 9.17) is 14.9 Å². The number of anilines is 1. The zero-order chi connectivity index (χ0) is 13.8. The van der Waals surface area contributed by atoms with Crippen LogP contribution in [0, 0.1) is 0 Å². The predicted octanol–water partition coefficient (Wildman–Crippen LogP) is 1.96. The first-order valence-corrected chi connectivity index (χ1v) is 5.77. The first-order valence-electron chi connectivity index (χ1n) is 5.77. The third-order valence-corrected chi connectivity index (χ3v) is 2.50. The van der Waals surface area contributed by atoms with Gasteiger partial charge in [-0.25, -0.2) is 4.98 Å². The Morgan fingerprint density at radius 1 is 1.47 bits per heavy atom. The summed E-state index contributed by atoms with van der Waals surface area (Å²) in [7, 11) is 1.54. The number of rotatable bonds is 4. The van der Waals surface area contributed by atoms with Gasteiger partial charge in [0.25, 0.3) is 5.91 Å². The summed E-state index contributed by atoms with van der Waals surface area (Å²) in [5.74, 6) is 0.525. The minimum Gasteiger partial charge on any atom is -0.495 e. The Labute approximate surface area is 110 Å². The molecule has 2 rings (SSSR count). The molecule has 6 nitrogen and oxygen atoms in total. The number of carbonyl (C=O) groups is 1. The Hall–Kier alpha value is -2.34. The summed E-state index contributed by atoms with van der Waals surface area (Å²) in [6.45, 7) is 1.73. The molecule has 0 saturated carbocycles. The minimum atomic E-state index is -0.375. The SMILES string of the molecule is COc1ccccc1NC(=O)c1coc(C(C)N)n1. The van der Waals surface area contributed by atoms with Crippen LogP contribution in [0.1, 0.15) is 29.3 Å². The number of ether oxygens (including phenoxy) is 1. The van der Waals surface area contributed by atoms with E-state index in [9.17, 15) is 4.79 Å². The zero-order valence-corrected chi connectivity index (χ0v) is 10.7. The van der Waals surface area contributed by atoms with Crippen LogP contribution in [0.15, 0.2) is 34.9 Å². The van der Waals surface area contributed by atoms with Gasteiger partial charge in [-0.1, -0.05) is 12.1 Å². The quantitative estimate of drug-likeness (QED) is 0.877. The first kappa shape index (κ1) is 13.1. The van der Waals surface area contributed by atoms with Gasteiger partial charge in [-0.3, -0.25) is 4.79 Å². The second-order valence-corrected chi connectivity index (χ2v) is 4.01. The molecule has 1 atom stereocenters. The molecular weight excluding hydrogens is 246 g/mol. The Kier molecular flexibility index (Phi) is 3.82. The van der Waals surface area contributed by atoms with Crippen LogP contribution in [-0.2, 0) is 0 Å². The number of methoxy groups -OCH3 is 1. The van der Waals surface area contributed by atoms with Crippen molar-refractivity contribution in [3.05, 3.63) is 42.1 Å². The highest BCUT2D eigenvalue weighted by atomic mass is 16.5. The number of nitrogens with zero attached hydrogens (tertiary/aromatic N) is 1. The second kappa shape index (κ2) is 5.53. The summed E-state index contributed by atoms with van der Waals surface area (Å²) in [6, 6.07) is 6.76. The largest absolute Gasteiger partial charge is 0.495 e. The van der Waals surface area contributed by atoms with Gasteiger partial charge in [0, 0.05) is 0 Å². The van der Waals surface area contributed by atoms with Crippen LogP contribution in [0.4, 0.5) is 5.69 Å². The molecule has 1 heterocycles. The molecule has 19 heavy (non-hydrogen) atoms. The van der Waals surface area contributed by atoms with Crippen LogP contribution in [0.25, 0.3) is 0 Å². The number of oxazole rings is 1. The van der Waals surface area contributed by atoms with Crippen LogP contribution < -0.4 is 15.8 Å². The van der Waals surface area contributed by atoms with Crippen molar-refractivity contribution in [1.29, 1.82) is 0 Å². The van der Waals surface area contributed by atoms with Crippen LogP contribution in [0.2, 0.25) is 0 Å². The Morgan fingerprint density at radius 3 is 2.84 bits per heavy atom. The molecule has 1 aromatic heterocycles. The highest BCUT2D eigenvalue weighted by Gasteiger charge is 2.15. The van der Waals surface area contributed by atoms with Gasteiger partial charge < -0.3 is 20.2 Å². The lowest BCUT2D eigenvalue weighted by molar-refractivity contribution is 0.102. The lowest BCUT2D eigenvalue weighted by Gasteiger charge is -2.08. The summed E-state index contributed by atoms with van der Waals surface area (Å²) in [5.41, 5.74) is 6.37. The van der Waals surface area contributed by atoms with Crippen molar-refractivity contribution in [3.8, 4) is 5.75 Å². The Bertz CT molecular complexity index is 578. The molecule has 6 heteroatoms. The molecule has 0 spiro atoms. The fourth-order valence-corrected chi connectivity index (χ4v) is 1.54. The summed E-state index contributed by atoms with van der Waals surface area (Å²) in [5, 5.41) is 2.70. The van der Waals surface area contributed by atoms with Crippen LogP contribution in [-0.4, -0.2) is 18.0 Å². The number of hydrogen-bond acceptors (Lipinski definition) is 5. The maximum atomic E-state index is 12.0. The molecule has 1 aromatic carbocycles. The molecule has 0 bridgehead atoms. The standard InChI is InChI=1S/C13H15N3O3/c1-8(14)13-16-10(7-19-13)12(17)15-9-5-3-4-6-11(9)18-2/h3-8H,14H2,1-2H3,(H,15,17). The third-order valence-electron chi connectivity index (χ3n) is 2.50. The number of hydrogen-bond donors (Lipinski definition) is 2. The van der Waals surface area contributed by atoms with E-state index in [1.165, 1.54) is 13.4 Å². The van der Waals surface area contributed by atoms with Crippen molar-refractivity contribution in [2.24, 2.45) is 5.73 Å². The normalized spacial score (nSPS) is 11.9. The molecule has 0 aliphatic heterocycles. The summed E-state index contributed by atoms with van der Waals surface area (Å²) >= 11 is 0. The fourth-order valence-electron chi connectivity index (χ4n) is 1.54. The van der Waals surface area contributed by atoms with E-state index in [-0.39, 0.29) is 17.6 Å². The molecule has 2 aromatic rings. The first-order chi connectivity index (χ1) is 9.11. The third kappa shape index (κ3) is 2.92. The number of nitrogens with one attached hydrogen (secondary N) is 1. The molecule has 0 aliphatic rings.